The van der Waals surface area contributed by atoms with Crippen molar-refractivity contribution in [1.82, 2.24) is 58.6 Å². The van der Waals surface area contributed by atoms with E-state index in [4.69, 9.17) is 53.7 Å². The van der Waals surface area contributed by atoms with Gasteiger partial charge in [-0.15, -0.1) is 11.3 Å². The zero-order chi connectivity index (χ0) is 83.1. The fraction of sp³-hybridized carbons (Fsp3) is 0. The van der Waals surface area contributed by atoms with Crippen LogP contribution in [-0.4, -0.2) is 58.6 Å². The molecule has 9 heterocycles. The molecule has 15 heteroatoms. The molecule has 126 heavy (non-hydrogen) atoms. The van der Waals surface area contributed by atoms with Crippen LogP contribution in [0.3, 0.4) is 0 Å². The maximum Gasteiger partial charge on any atom is 0.238 e. The summed E-state index contributed by atoms with van der Waals surface area (Å²) < 4.78 is 21.6. The van der Waals surface area contributed by atoms with Crippen LogP contribution in [0.5, 0.6) is 0 Å². The lowest BCUT2D eigenvalue weighted by atomic mass is 10.0. The van der Waals surface area contributed by atoms with Crippen LogP contribution in [-0.2, 0) is 0 Å². The average molecular weight is 1630 g/mol. The van der Waals surface area contributed by atoms with Gasteiger partial charge in [0, 0.05) is 107 Å². The van der Waals surface area contributed by atoms with Gasteiger partial charge in [-0.25, -0.2) is 15.0 Å². The van der Waals surface area contributed by atoms with E-state index in [-0.39, 0.29) is 0 Å². The fourth-order valence-corrected chi connectivity index (χ4v) is 18.8. The maximum absolute atomic E-state index is 6.28. The standard InChI is InChI=1S/C39H24N4O.C39H24N4S.C33H20N4O/c2*1-3-12-25(13-4-1)27-16-11-17-28(22-27)38-40-37(26-14-5-2-6-15-26)41-39(42-38)43-33-20-9-7-18-29(33)31-24-36-32(23-34(31)43)30-19-8-10-21-35(30)44-36;1-3-11-21(12-4-1)31-34-32(22-13-5-2-6-14-22)36-33(35-31)37-27-17-9-7-15-23(27)25-20-30-26(19-28(25)37)24-16-8-10-18-29(24)38-30/h2*1-24H;1-20H. The van der Waals surface area contributed by atoms with Crippen LogP contribution in [0.25, 0.3) is 238 Å². The molecule has 0 N–H and O–H groups in total. The molecule has 0 unspecified atom stereocenters. The molecule has 0 spiro atoms. The summed E-state index contributed by atoms with van der Waals surface area (Å²) in [4.78, 5) is 45.5. The Bertz CT molecular complexity index is 8320. The lowest BCUT2D eigenvalue weighted by Crippen LogP contribution is -2.06. The van der Waals surface area contributed by atoms with Gasteiger partial charge in [0.05, 0.1) is 33.1 Å². The van der Waals surface area contributed by atoms with Crippen LogP contribution >= 0.6 is 11.3 Å². The van der Waals surface area contributed by atoms with Crippen LogP contribution in [0.4, 0.5) is 0 Å². The number of aromatic nitrogens is 12. The highest BCUT2D eigenvalue weighted by atomic mass is 32.1. The molecule has 0 radical (unpaired) electrons. The van der Waals surface area contributed by atoms with Crippen LogP contribution in [0.2, 0.25) is 0 Å². The van der Waals surface area contributed by atoms with Crippen molar-refractivity contribution in [3.05, 3.63) is 413 Å². The van der Waals surface area contributed by atoms with Crippen molar-refractivity contribution in [2.24, 2.45) is 0 Å². The molecule has 0 saturated heterocycles. The predicted octanol–water partition coefficient (Wildman–Crippen LogP) is 28.4. The third-order valence-corrected chi connectivity index (χ3v) is 24.7. The van der Waals surface area contributed by atoms with Gasteiger partial charge < -0.3 is 8.83 Å². The molecule has 0 aliphatic carbocycles. The number of rotatable bonds is 11. The van der Waals surface area contributed by atoms with Crippen molar-refractivity contribution in [1.29, 1.82) is 0 Å². The van der Waals surface area contributed by atoms with E-state index in [9.17, 15) is 0 Å². The van der Waals surface area contributed by atoms with Gasteiger partial charge in [-0.3, -0.25) is 13.7 Å². The minimum atomic E-state index is 0.567. The Morgan fingerprint density at radius 3 is 0.810 bits per heavy atom. The summed E-state index contributed by atoms with van der Waals surface area (Å²) in [5, 5.41) is 13.6. The number of nitrogens with zero attached hydrogens (tertiary/aromatic N) is 12. The van der Waals surface area contributed by atoms with E-state index in [1.807, 2.05) is 169 Å². The molecule has 26 aromatic rings. The Balaban J connectivity index is 0.000000106. The summed E-state index contributed by atoms with van der Waals surface area (Å²) >= 11 is 1.84. The Labute approximate surface area is 724 Å². The maximum atomic E-state index is 6.28. The van der Waals surface area contributed by atoms with Crippen molar-refractivity contribution in [3.8, 4) is 108 Å². The summed E-state index contributed by atoms with van der Waals surface area (Å²) in [6.07, 6.45) is 0. The first kappa shape index (κ1) is 73.0. The van der Waals surface area contributed by atoms with Gasteiger partial charge >= 0.3 is 0 Å². The normalized spacial score (nSPS) is 11.7. The van der Waals surface area contributed by atoms with Gasteiger partial charge in [-0.2, -0.15) is 29.9 Å². The first-order valence-electron chi connectivity index (χ1n) is 41.8. The predicted molar refractivity (Wildman–Crippen MR) is 513 cm³/mol. The van der Waals surface area contributed by atoms with E-state index in [0.717, 1.165) is 154 Å². The molecule has 590 valence electrons. The second kappa shape index (κ2) is 30.6. The summed E-state index contributed by atoms with van der Waals surface area (Å²) in [5.41, 5.74) is 19.9. The van der Waals surface area contributed by atoms with Crippen LogP contribution < -0.4 is 0 Å². The number of para-hydroxylation sites is 5. The minimum Gasteiger partial charge on any atom is -0.456 e. The van der Waals surface area contributed by atoms with E-state index < -0.39 is 0 Å². The molecule has 0 atom stereocenters. The first-order valence-corrected chi connectivity index (χ1v) is 42.6. The Hall–Kier alpha value is -17.0. The van der Waals surface area contributed by atoms with Crippen molar-refractivity contribution in [3.63, 3.8) is 0 Å². The van der Waals surface area contributed by atoms with Crippen LogP contribution in [0.1, 0.15) is 0 Å². The fourth-order valence-electron chi connectivity index (χ4n) is 17.7. The SMILES string of the molecule is c1ccc(-c2cccc(-c3nc(-c4ccccc4)nc(-n4c5ccccc5c5cc6oc7ccccc7c6cc54)n3)c2)cc1.c1ccc(-c2cccc(-c3nc(-c4ccccc4)nc(-n4c5ccccc5c5cc6sc7ccccc7c6cc54)n3)c2)cc1.c1ccc(-c2nc(-c3ccccc3)nc(-n3c4ccccc4c4cc5oc6ccccc6c5cc43)n2)cc1. The number of furan rings is 2. The van der Waals surface area contributed by atoms with Gasteiger partial charge in [-0.05, 0) is 107 Å². The number of hydrogen-bond donors (Lipinski definition) is 0. The molecule has 0 fully saturated rings. The second-order valence-electron chi connectivity index (χ2n) is 31.2. The summed E-state index contributed by atoms with van der Waals surface area (Å²) in [7, 11) is 0. The van der Waals surface area contributed by atoms with Gasteiger partial charge in [0.2, 0.25) is 17.8 Å². The van der Waals surface area contributed by atoms with Gasteiger partial charge in [-0.1, -0.05) is 328 Å². The topological polar surface area (TPSA) is 157 Å². The Morgan fingerprint density at radius 2 is 0.437 bits per heavy atom. The first-order chi connectivity index (χ1) is 62.4. The largest absolute Gasteiger partial charge is 0.456 e. The van der Waals surface area contributed by atoms with Gasteiger partial charge in [0.15, 0.2) is 34.9 Å². The number of thiophene rings is 1. The van der Waals surface area contributed by atoms with Crippen LogP contribution in [0, 0.1) is 0 Å². The van der Waals surface area contributed by atoms with Crippen molar-refractivity contribution >= 4 is 141 Å². The molecular weight excluding hydrogens is 1570 g/mol. The number of benzene rings is 17. The summed E-state index contributed by atoms with van der Waals surface area (Å²) in [6.45, 7) is 0. The molecular formula is C111H68N12O2S. The molecule has 0 amide bonds. The molecule has 0 aliphatic rings. The molecule has 26 rings (SSSR count). The van der Waals surface area contributed by atoms with E-state index >= 15 is 0 Å². The van der Waals surface area contributed by atoms with Crippen LogP contribution in [0.15, 0.2) is 421 Å². The zero-order valence-electron chi connectivity index (χ0n) is 67.4. The summed E-state index contributed by atoms with van der Waals surface area (Å²) in [6, 6.07) is 142. The lowest BCUT2D eigenvalue weighted by molar-refractivity contribution is 0.669. The highest BCUT2D eigenvalue weighted by Gasteiger charge is 2.26. The van der Waals surface area contributed by atoms with Gasteiger partial charge in [0.25, 0.3) is 0 Å². The molecule has 0 saturated carbocycles. The third kappa shape index (κ3) is 12.9. The minimum absolute atomic E-state index is 0.567. The van der Waals surface area contributed by atoms with E-state index in [2.05, 4.69) is 268 Å². The van der Waals surface area contributed by atoms with E-state index in [0.29, 0.717) is 52.8 Å². The summed E-state index contributed by atoms with van der Waals surface area (Å²) in [5.74, 6) is 5.54. The Kier molecular flexibility index (Phi) is 17.7. The smallest absolute Gasteiger partial charge is 0.238 e. The third-order valence-electron chi connectivity index (χ3n) is 23.6. The van der Waals surface area contributed by atoms with Crippen molar-refractivity contribution in [2.75, 3.05) is 0 Å². The quantitative estimate of drug-likeness (QED) is 0.121. The average Bonchev–Trinajstić information content (AvgIpc) is 1.58. The number of fused-ring (bicyclic) bond motifs is 18. The monoisotopic (exact) mass is 1630 g/mol. The molecule has 9 aromatic heterocycles. The highest BCUT2D eigenvalue weighted by molar-refractivity contribution is 7.25. The van der Waals surface area contributed by atoms with Crippen molar-refractivity contribution < 1.29 is 8.83 Å². The zero-order valence-corrected chi connectivity index (χ0v) is 68.2. The molecule has 14 nitrogen and oxygen atoms in total. The second-order valence-corrected chi connectivity index (χ2v) is 32.2. The van der Waals surface area contributed by atoms with E-state index in [1.165, 1.54) is 30.9 Å². The highest BCUT2D eigenvalue weighted by Crippen LogP contribution is 2.45. The molecule has 0 aliphatic heterocycles. The molecule has 17 aromatic carbocycles. The molecule has 0 bridgehead atoms. The van der Waals surface area contributed by atoms with Gasteiger partial charge in [0.1, 0.15) is 22.3 Å². The van der Waals surface area contributed by atoms with Crippen molar-refractivity contribution in [2.45, 2.75) is 0 Å². The van der Waals surface area contributed by atoms with E-state index in [1.54, 1.807) is 0 Å². The lowest BCUT2D eigenvalue weighted by Gasteiger charge is -2.11. The number of hydrogen-bond acceptors (Lipinski definition) is 12. The Morgan fingerprint density at radius 1 is 0.159 bits per heavy atom.